The number of aliphatic hydroxyl groups excluding tert-OH is 2. The summed E-state index contributed by atoms with van der Waals surface area (Å²) < 4.78 is 0. The highest BCUT2D eigenvalue weighted by atomic mass is 16.4. The maximum Gasteiger partial charge on any atom is 0.308 e. The van der Waals surface area contributed by atoms with Crippen LogP contribution in [0.2, 0.25) is 0 Å². The normalized spacial score (nSPS) is 16.5. The van der Waals surface area contributed by atoms with Crippen LogP contribution >= 0.6 is 0 Å². The van der Waals surface area contributed by atoms with Crippen molar-refractivity contribution in [3.05, 3.63) is 0 Å². The van der Waals surface area contributed by atoms with Crippen LogP contribution < -0.4 is 0 Å². The lowest BCUT2D eigenvalue weighted by Crippen LogP contribution is -2.37. The molecule has 0 aromatic rings. The molecule has 0 aromatic carbocycles. The van der Waals surface area contributed by atoms with Crippen LogP contribution in [0.4, 0.5) is 0 Å². The SMILES string of the molecule is CCCCCCCCCCCCCC(O)C(C)C(O)C(C)C(=O)O. The van der Waals surface area contributed by atoms with E-state index in [1.807, 2.05) is 0 Å². The van der Waals surface area contributed by atoms with Gasteiger partial charge in [-0.25, -0.2) is 0 Å². The molecule has 4 heteroatoms. The Labute approximate surface area is 148 Å². The second-order valence-electron chi connectivity index (χ2n) is 7.37. The first-order valence-corrected chi connectivity index (χ1v) is 10.0. The Morgan fingerprint density at radius 1 is 0.792 bits per heavy atom. The number of aliphatic carboxylic acids is 1. The smallest absolute Gasteiger partial charge is 0.308 e. The number of carboxylic acid groups (broad SMARTS) is 1. The second-order valence-corrected chi connectivity index (χ2v) is 7.37. The van der Waals surface area contributed by atoms with Crippen molar-refractivity contribution in [3.63, 3.8) is 0 Å². The Hall–Kier alpha value is -0.610. The second kappa shape index (κ2) is 14.7. The van der Waals surface area contributed by atoms with Crippen molar-refractivity contribution in [2.24, 2.45) is 11.8 Å². The molecule has 0 aliphatic heterocycles. The lowest BCUT2D eigenvalue weighted by Gasteiger charge is -2.26. The third-order valence-electron chi connectivity index (χ3n) is 5.15. The van der Waals surface area contributed by atoms with Crippen LogP contribution in [0.5, 0.6) is 0 Å². The van der Waals surface area contributed by atoms with E-state index in [1.165, 1.54) is 64.7 Å². The first kappa shape index (κ1) is 23.4. The Balaban J connectivity index is 3.58. The van der Waals surface area contributed by atoms with E-state index >= 15 is 0 Å². The molecule has 0 aliphatic rings. The predicted octanol–water partition coefficient (Wildman–Crippen LogP) is 4.77. The number of hydrogen-bond acceptors (Lipinski definition) is 3. The fourth-order valence-electron chi connectivity index (χ4n) is 3.11. The number of carbonyl (C=O) groups is 1. The third kappa shape index (κ3) is 11.0. The molecular weight excluding hydrogens is 304 g/mol. The average Bonchev–Trinajstić information content (AvgIpc) is 2.57. The van der Waals surface area contributed by atoms with Crippen molar-refractivity contribution >= 4 is 5.97 Å². The third-order valence-corrected chi connectivity index (χ3v) is 5.15. The predicted molar refractivity (Wildman–Crippen MR) is 99.1 cm³/mol. The van der Waals surface area contributed by atoms with E-state index in [2.05, 4.69) is 6.92 Å². The van der Waals surface area contributed by atoms with Gasteiger partial charge in [-0.15, -0.1) is 0 Å². The van der Waals surface area contributed by atoms with Crippen LogP contribution in [0.15, 0.2) is 0 Å². The van der Waals surface area contributed by atoms with Crippen molar-refractivity contribution in [1.29, 1.82) is 0 Å². The number of carboxylic acids is 1. The van der Waals surface area contributed by atoms with Crippen LogP contribution in [-0.4, -0.2) is 33.5 Å². The zero-order valence-electron chi connectivity index (χ0n) is 16.0. The van der Waals surface area contributed by atoms with Gasteiger partial charge < -0.3 is 15.3 Å². The minimum absolute atomic E-state index is 0.403. The van der Waals surface area contributed by atoms with Crippen molar-refractivity contribution in [2.45, 2.75) is 110 Å². The lowest BCUT2D eigenvalue weighted by atomic mass is 9.87. The van der Waals surface area contributed by atoms with Gasteiger partial charge in [0.15, 0.2) is 0 Å². The van der Waals surface area contributed by atoms with E-state index in [-0.39, 0.29) is 0 Å². The van der Waals surface area contributed by atoms with Crippen LogP contribution in [0.1, 0.15) is 97.8 Å². The van der Waals surface area contributed by atoms with Crippen LogP contribution in [0.25, 0.3) is 0 Å². The fraction of sp³-hybridized carbons (Fsp3) is 0.950. The maximum atomic E-state index is 10.9. The zero-order valence-corrected chi connectivity index (χ0v) is 16.0. The van der Waals surface area contributed by atoms with Crippen LogP contribution in [0.3, 0.4) is 0 Å². The van der Waals surface area contributed by atoms with Gasteiger partial charge in [0.2, 0.25) is 0 Å². The summed E-state index contributed by atoms with van der Waals surface area (Å²) >= 11 is 0. The first-order chi connectivity index (χ1) is 11.4. The topological polar surface area (TPSA) is 77.8 Å². The van der Waals surface area contributed by atoms with E-state index < -0.39 is 30.0 Å². The van der Waals surface area contributed by atoms with Gasteiger partial charge in [-0.2, -0.15) is 0 Å². The first-order valence-electron chi connectivity index (χ1n) is 10.0. The van der Waals surface area contributed by atoms with E-state index in [1.54, 1.807) is 6.92 Å². The van der Waals surface area contributed by atoms with Gasteiger partial charge in [0.05, 0.1) is 18.1 Å². The summed E-state index contributed by atoms with van der Waals surface area (Å²) in [5, 5.41) is 29.0. The molecule has 0 bridgehead atoms. The van der Waals surface area contributed by atoms with Crippen molar-refractivity contribution in [2.75, 3.05) is 0 Å². The van der Waals surface area contributed by atoms with Crippen molar-refractivity contribution < 1.29 is 20.1 Å². The summed E-state index contributed by atoms with van der Waals surface area (Å²) in [4.78, 5) is 10.9. The van der Waals surface area contributed by atoms with Gasteiger partial charge in [0, 0.05) is 5.92 Å². The molecule has 3 N–H and O–H groups in total. The fourth-order valence-corrected chi connectivity index (χ4v) is 3.11. The molecule has 0 rings (SSSR count). The van der Waals surface area contributed by atoms with Gasteiger partial charge in [-0.05, 0) is 13.3 Å². The van der Waals surface area contributed by atoms with Gasteiger partial charge in [-0.1, -0.05) is 84.5 Å². The summed E-state index contributed by atoms with van der Waals surface area (Å²) in [6.07, 6.45) is 12.9. The zero-order chi connectivity index (χ0) is 18.4. The summed E-state index contributed by atoms with van der Waals surface area (Å²) in [5.41, 5.74) is 0. The molecule has 0 amide bonds. The van der Waals surface area contributed by atoms with Crippen LogP contribution in [-0.2, 0) is 4.79 Å². The van der Waals surface area contributed by atoms with Gasteiger partial charge in [0.25, 0.3) is 0 Å². The number of hydrogen-bond donors (Lipinski definition) is 3. The summed E-state index contributed by atoms with van der Waals surface area (Å²) in [6, 6.07) is 0. The summed E-state index contributed by atoms with van der Waals surface area (Å²) in [5.74, 6) is -2.26. The molecule has 0 spiro atoms. The molecule has 144 valence electrons. The van der Waals surface area contributed by atoms with Crippen LogP contribution in [0, 0.1) is 11.8 Å². The molecule has 0 saturated carbocycles. The van der Waals surface area contributed by atoms with E-state index in [0.29, 0.717) is 6.42 Å². The van der Waals surface area contributed by atoms with Gasteiger partial charge in [-0.3, -0.25) is 4.79 Å². The molecule has 0 heterocycles. The number of aliphatic hydroxyl groups is 2. The Kier molecular flexibility index (Phi) is 14.3. The molecule has 0 aliphatic carbocycles. The highest BCUT2D eigenvalue weighted by Gasteiger charge is 2.30. The van der Waals surface area contributed by atoms with Crippen molar-refractivity contribution in [1.82, 2.24) is 0 Å². The minimum Gasteiger partial charge on any atom is -0.481 e. The molecule has 0 saturated heterocycles. The minimum atomic E-state index is -1.02. The summed E-state index contributed by atoms with van der Waals surface area (Å²) in [6.45, 7) is 5.46. The molecule has 4 nitrogen and oxygen atoms in total. The molecule has 24 heavy (non-hydrogen) atoms. The quantitative estimate of drug-likeness (QED) is 0.353. The Bertz CT molecular complexity index is 306. The summed E-state index contributed by atoms with van der Waals surface area (Å²) in [7, 11) is 0. The molecular formula is C20H40O4. The monoisotopic (exact) mass is 344 g/mol. The molecule has 0 radical (unpaired) electrons. The van der Waals surface area contributed by atoms with Gasteiger partial charge in [0.1, 0.15) is 0 Å². The lowest BCUT2D eigenvalue weighted by molar-refractivity contribution is -0.147. The van der Waals surface area contributed by atoms with Gasteiger partial charge >= 0.3 is 5.97 Å². The van der Waals surface area contributed by atoms with E-state index in [0.717, 1.165) is 12.8 Å². The molecule has 4 unspecified atom stereocenters. The highest BCUT2D eigenvalue weighted by Crippen LogP contribution is 2.21. The maximum absolute atomic E-state index is 10.9. The van der Waals surface area contributed by atoms with Crippen molar-refractivity contribution in [3.8, 4) is 0 Å². The molecule has 0 aromatic heterocycles. The molecule has 0 fully saturated rings. The number of rotatable bonds is 16. The van der Waals surface area contributed by atoms with E-state index in [4.69, 9.17) is 5.11 Å². The largest absolute Gasteiger partial charge is 0.481 e. The Morgan fingerprint density at radius 2 is 1.21 bits per heavy atom. The average molecular weight is 345 g/mol. The van der Waals surface area contributed by atoms with E-state index in [9.17, 15) is 15.0 Å². The highest BCUT2D eigenvalue weighted by molar-refractivity contribution is 5.70. The molecule has 4 atom stereocenters. The number of unbranched alkanes of at least 4 members (excludes halogenated alkanes) is 10. The standard InChI is InChI=1S/C20H40O4/c1-4-5-6-7-8-9-10-11-12-13-14-15-18(21)16(2)19(22)17(3)20(23)24/h16-19,21-22H,4-15H2,1-3H3,(H,23,24). The Morgan fingerprint density at radius 3 is 1.62 bits per heavy atom.